The van der Waals surface area contributed by atoms with E-state index in [-0.39, 0.29) is 18.7 Å². The average Bonchev–Trinajstić information content (AvgIpc) is 2.25. The van der Waals surface area contributed by atoms with E-state index in [1.165, 1.54) is 6.07 Å². The molecule has 0 radical (unpaired) electrons. The normalized spacial score (nSPS) is 11.2. The number of nitrogens with one attached hydrogen (secondary N) is 1. The van der Waals surface area contributed by atoms with Crippen molar-refractivity contribution in [3.63, 3.8) is 0 Å². The lowest BCUT2D eigenvalue weighted by molar-refractivity contribution is 0.513. The minimum Gasteiger partial charge on any atom is -0.329 e. The largest absolute Gasteiger partial charge is 0.329 e. The lowest BCUT2D eigenvalue weighted by Gasteiger charge is -2.07. The Kier molecular flexibility index (Phi) is 4.11. The highest BCUT2D eigenvalue weighted by atomic mass is 32.2. The Hall–Kier alpha value is -1.56. The van der Waals surface area contributed by atoms with E-state index in [1.54, 1.807) is 0 Å². The van der Waals surface area contributed by atoms with E-state index >= 15 is 0 Å². The minimum absolute atomic E-state index is 0.00124. The number of halogens is 2. The topological polar surface area (TPSA) is 96.0 Å². The summed E-state index contributed by atoms with van der Waals surface area (Å²) in [5, 5.41) is 8.46. The van der Waals surface area contributed by atoms with Crippen LogP contribution in [0.1, 0.15) is 5.56 Å². The van der Waals surface area contributed by atoms with Crippen molar-refractivity contribution >= 4 is 10.0 Å². The molecule has 0 amide bonds. The molecule has 0 spiro atoms. The number of hydrogen-bond donors (Lipinski definition) is 2. The van der Waals surface area contributed by atoms with Gasteiger partial charge in [-0.15, -0.1) is 0 Å². The predicted molar refractivity (Wildman–Crippen MR) is 55.3 cm³/mol. The first kappa shape index (κ1) is 13.5. The van der Waals surface area contributed by atoms with Crippen LogP contribution >= 0.6 is 0 Å². The van der Waals surface area contributed by atoms with Crippen LogP contribution in [0.3, 0.4) is 0 Å². The van der Waals surface area contributed by atoms with Gasteiger partial charge in [0.25, 0.3) is 0 Å². The quantitative estimate of drug-likeness (QED) is 0.801. The molecule has 0 aliphatic heterocycles. The van der Waals surface area contributed by atoms with Crippen LogP contribution in [0.25, 0.3) is 0 Å². The highest BCUT2D eigenvalue weighted by molar-refractivity contribution is 7.89. The Morgan fingerprint density at radius 2 is 1.88 bits per heavy atom. The molecule has 0 atom stereocenters. The number of sulfonamides is 1. The Balaban J connectivity index is 3.29. The third-order valence-corrected chi connectivity index (χ3v) is 3.34. The van der Waals surface area contributed by atoms with Crippen LogP contribution in [0, 0.1) is 23.0 Å². The summed E-state index contributed by atoms with van der Waals surface area (Å²) in [7, 11) is -4.30. The third-order valence-electron chi connectivity index (χ3n) is 1.83. The maximum atomic E-state index is 13.4. The second kappa shape index (κ2) is 5.18. The molecule has 1 rings (SSSR count). The highest BCUT2D eigenvalue weighted by Crippen LogP contribution is 2.19. The molecule has 1 aromatic carbocycles. The summed E-state index contributed by atoms with van der Waals surface area (Å²) in [5.41, 5.74) is 4.78. The summed E-state index contributed by atoms with van der Waals surface area (Å²) in [6.45, 7) is -0.139. The van der Waals surface area contributed by atoms with Gasteiger partial charge < -0.3 is 5.73 Å². The van der Waals surface area contributed by atoms with Crippen molar-refractivity contribution in [1.29, 1.82) is 5.26 Å². The van der Waals surface area contributed by atoms with Gasteiger partial charge in [-0.3, -0.25) is 0 Å². The molecular weight excluding hydrogens is 252 g/mol. The van der Waals surface area contributed by atoms with Gasteiger partial charge in [-0.1, -0.05) is 0 Å². The van der Waals surface area contributed by atoms with Crippen molar-refractivity contribution in [1.82, 2.24) is 4.72 Å². The molecule has 92 valence electrons. The zero-order chi connectivity index (χ0) is 13.1. The summed E-state index contributed by atoms with van der Waals surface area (Å²) in [4.78, 5) is -1.11. The zero-order valence-electron chi connectivity index (χ0n) is 8.57. The molecule has 0 aliphatic carbocycles. The second-order valence-corrected chi connectivity index (χ2v) is 4.77. The van der Waals surface area contributed by atoms with Crippen LogP contribution in [0.4, 0.5) is 8.78 Å². The van der Waals surface area contributed by atoms with Crippen LogP contribution < -0.4 is 10.5 Å². The molecule has 0 fully saturated rings. The van der Waals surface area contributed by atoms with Gasteiger partial charge in [0.05, 0.1) is 11.6 Å². The zero-order valence-corrected chi connectivity index (χ0v) is 9.39. The lowest BCUT2D eigenvalue weighted by atomic mass is 10.2. The molecule has 0 aromatic heterocycles. The molecule has 0 saturated heterocycles. The van der Waals surface area contributed by atoms with Gasteiger partial charge in [-0.25, -0.2) is 21.9 Å². The Morgan fingerprint density at radius 3 is 2.29 bits per heavy atom. The molecule has 3 N–H and O–H groups in total. The van der Waals surface area contributed by atoms with Gasteiger partial charge in [0, 0.05) is 13.1 Å². The first-order chi connectivity index (χ1) is 7.92. The van der Waals surface area contributed by atoms with Crippen molar-refractivity contribution in [3.05, 3.63) is 29.3 Å². The number of nitrogens with two attached hydrogens (primary N) is 1. The first-order valence-electron chi connectivity index (χ1n) is 4.51. The summed E-state index contributed by atoms with van der Waals surface area (Å²) in [6.07, 6.45) is 0. The lowest BCUT2D eigenvalue weighted by Crippen LogP contribution is -2.30. The molecule has 17 heavy (non-hydrogen) atoms. The van der Waals surface area contributed by atoms with E-state index in [9.17, 15) is 17.2 Å². The fourth-order valence-corrected chi connectivity index (χ4v) is 2.31. The fraction of sp³-hybridized carbons (Fsp3) is 0.222. The van der Waals surface area contributed by atoms with E-state index in [0.29, 0.717) is 12.1 Å². The standard InChI is InChI=1S/C9H9F2N3O2S/c10-7-3-6(5-13)4-8(11)9(7)17(15,16)14-2-1-12/h3-4,14H,1-2,12H2. The monoisotopic (exact) mass is 261 g/mol. The second-order valence-electron chi connectivity index (χ2n) is 3.07. The molecule has 0 unspecified atom stereocenters. The van der Waals surface area contributed by atoms with Crippen molar-refractivity contribution in [2.75, 3.05) is 13.1 Å². The van der Waals surface area contributed by atoms with Gasteiger partial charge in [-0.2, -0.15) is 5.26 Å². The van der Waals surface area contributed by atoms with Crippen molar-refractivity contribution < 1.29 is 17.2 Å². The van der Waals surface area contributed by atoms with E-state index < -0.39 is 26.6 Å². The van der Waals surface area contributed by atoms with E-state index in [4.69, 9.17) is 11.0 Å². The number of hydrogen-bond acceptors (Lipinski definition) is 4. The molecule has 1 aromatic rings. The number of nitriles is 1. The SMILES string of the molecule is N#Cc1cc(F)c(S(=O)(=O)NCCN)c(F)c1. The Morgan fingerprint density at radius 1 is 1.35 bits per heavy atom. The van der Waals surface area contributed by atoms with Crippen molar-refractivity contribution in [2.24, 2.45) is 5.73 Å². The third kappa shape index (κ3) is 2.97. The fourth-order valence-electron chi connectivity index (χ4n) is 1.15. The first-order valence-corrected chi connectivity index (χ1v) is 5.99. The van der Waals surface area contributed by atoms with E-state index in [1.807, 2.05) is 4.72 Å². The van der Waals surface area contributed by atoms with E-state index in [2.05, 4.69) is 0 Å². The maximum absolute atomic E-state index is 13.4. The number of rotatable bonds is 4. The summed E-state index contributed by atoms with van der Waals surface area (Å²) < 4.78 is 51.7. The number of nitrogens with zero attached hydrogens (tertiary/aromatic N) is 1. The summed E-state index contributed by atoms with van der Waals surface area (Å²) in [5.74, 6) is -2.63. The molecule has 0 bridgehead atoms. The van der Waals surface area contributed by atoms with Gasteiger partial charge in [0.15, 0.2) is 4.90 Å². The molecule has 0 heterocycles. The molecule has 0 aliphatic rings. The minimum atomic E-state index is -4.30. The van der Waals surface area contributed by atoms with Crippen LogP contribution in [-0.4, -0.2) is 21.5 Å². The van der Waals surface area contributed by atoms with Gasteiger partial charge in [0.1, 0.15) is 11.6 Å². The maximum Gasteiger partial charge on any atom is 0.246 e. The van der Waals surface area contributed by atoms with Crippen LogP contribution in [0.5, 0.6) is 0 Å². The van der Waals surface area contributed by atoms with Crippen molar-refractivity contribution in [2.45, 2.75) is 4.90 Å². The molecule has 0 saturated carbocycles. The van der Waals surface area contributed by atoms with Crippen LogP contribution in [0.2, 0.25) is 0 Å². The summed E-state index contributed by atoms with van der Waals surface area (Å²) >= 11 is 0. The molecular formula is C9H9F2N3O2S. The average molecular weight is 261 g/mol. The van der Waals surface area contributed by atoms with Crippen LogP contribution in [0.15, 0.2) is 17.0 Å². The molecule has 5 nitrogen and oxygen atoms in total. The van der Waals surface area contributed by atoms with Gasteiger partial charge in [-0.05, 0) is 12.1 Å². The Bertz CT molecular complexity index is 543. The molecule has 8 heteroatoms. The van der Waals surface area contributed by atoms with Crippen LogP contribution in [-0.2, 0) is 10.0 Å². The smallest absolute Gasteiger partial charge is 0.246 e. The summed E-state index contributed by atoms with van der Waals surface area (Å²) in [6, 6.07) is 2.82. The van der Waals surface area contributed by atoms with Crippen molar-refractivity contribution in [3.8, 4) is 6.07 Å². The number of benzene rings is 1. The van der Waals surface area contributed by atoms with E-state index in [0.717, 1.165) is 0 Å². The highest BCUT2D eigenvalue weighted by Gasteiger charge is 2.24. The van der Waals surface area contributed by atoms with Gasteiger partial charge >= 0.3 is 0 Å². The Labute approximate surface area is 96.9 Å². The predicted octanol–water partition coefficient (Wildman–Crippen LogP) is 0.0735. The van der Waals surface area contributed by atoms with Gasteiger partial charge in [0.2, 0.25) is 10.0 Å².